The van der Waals surface area contributed by atoms with Crippen LogP contribution in [0.4, 0.5) is 8.78 Å². The summed E-state index contributed by atoms with van der Waals surface area (Å²) >= 11 is 0.537. The van der Waals surface area contributed by atoms with Crippen LogP contribution >= 0.6 is 11.8 Å². The van der Waals surface area contributed by atoms with Crippen molar-refractivity contribution in [1.29, 1.82) is 0 Å². The fourth-order valence-electron chi connectivity index (χ4n) is 1.68. The summed E-state index contributed by atoms with van der Waals surface area (Å²) in [7, 11) is 3.24. The summed E-state index contributed by atoms with van der Waals surface area (Å²) in [6.45, 7) is 3.42. The third kappa shape index (κ3) is 2.06. The first-order valence-electron chi connectivity index (χ1n) is 5.67. The van der Waals surface area contributed by atoms with E-state index in [4.69, 9.17) is 0 Å². The first-order chi connectivity index (χ1) is 8.26. The van der Waals surface area contributed by atoms with Crippen LogP contribution in [0.5, 0.6) is 0 Å². The molecule has 1 atom stereocenters. The minimum Gasteiger partial charge on any atom is -0.280 e. The molecule has 0 amide bonds. The SMILES string of the molecule is Cc1ccc(C2=NC(C)(N(C)C)C(F)(F)S2)cc1. The fourth-order valence-corrected chi connectivity index (χ4v) is 2.83. The molecule has 0 spiro atoms. The lowest BCUT2D eigenvalue weighted by molar-refractivity contribution is -0.0398. The molecule has 1 aliphatic heterocycles. The molecule has 2 nitrogen and oxygen atoms in total. The van der Waals surface area contributed by atoms with Gasteiger partial charge in [0, 0.05) is 5.56 Å². The van der Waals surface area contributed by atoms with Crippen LogP contribution < -0.4 is 0 Å². The Labute approximate surface area is 110 Å². The molecule has 1 unspecified atom stereocenters. The summed E-state index contributed by atoms with van der Waals surface area (Å²) in [6, 6.07) is 7.47. The Morgan fingerprint density at radius 1 is 1.17 bits per heavy atom. The van der Waals surface area contributed by atoms with Gasteiger partial charge in [-0.05, 0) is 39.7 Å². The predicted molar refractivity (Wildman–Crippen MR) is 72.3 cm³/mol. The highest BCUT2D eigenvalue weighted by Gasteiger charge is 2.58. The molecule has 0 N–H and O–H groups in total. The van der Waals surface area contributed by atoms with E-state index in [0.717, 1.165) is 11.1 Å². The van der Waals surface area contributed by atoms with Gasteiger partial charge >= 0.3 is 5.25 Å². The van der Waals surface area contributed by atoms with E-state index in [-0.39, 0.29) is 0 Å². The third-order valence-corrected chi connectivity index (χ3v) is 4.43. The number of alkyl halides is 2. The number of benzene rings is 1. The number of hydrogen-bond donors (Lipinski definition) is 0. The molecule has 0 bridgehead atoms. The van der Waals surface area contributed by atoms with E-state index in [1.165, 1.54) is 11.8 Å². The van der Waals surface area contributed by atoms with Crippen molar-refractivity contribution in [2.75, 3.05) is 14.1 Å². The van der Waals surface area contributed by atoms with Crippen LogP contribution in [0.3, 0.4) is 0 Å². The maximum Gasteiger partial charge on any atom is 0.337 e. The molecule has 0 aliphatic carbocycles. The van der Waals surface area contributed by atoms with Gasteiger partial charge in [-0.2, -0.15) is 8.78 Å². The molecule has 1 aliphatic rings. The molecular weight excluding hydrogens is 254 g/mol. The number of rotatable bonds is 2. The second-order valence-electron chi connectivity index (χ2n) is 4.82. The number of thioether (sulfide) groups is 1. The van der Waals surface area contributed by atoms with Crippen molar-refractivity contribution in [3.8, 4) is 0 Å². The maximum atomic E-state index is 14.1. The second-order valence-corrected chi connectivity index (χ2v) is 5.92. The van der Waals surface area contributed by atoms with Crippen molar-refractivity contribution in [1.82, 2.24) is 4.90 Å². The van der Waals surface area contributed by atoms with Crippen LogP contribution in [-0.4, -0.2) is 35.0 Å². The van der Waals surface area contributed by atoms with Gasteiger partial charge in [0.1, 0.15) is 5.04 Å². The molecule has 0 aromatic heterocycles. The van der Waals surface area contributed by atoms with Crippen molar-refractivity contribution in [2.24, 2.45) is 4.99 Å². The van der Waals surface area contributed by atoms with E-state index < -0.39 is 10.9 Å². The lowest BCUT2D eigenvalue weighted by atomic mass is 10.1. The molecule has 1 aromatic carbocycles. The van der Waals surface area contributed by atoms with Gasteiger partial charge in [0.25, 0.3) is 0 Å². The Kier molecular flexibility index (Phi) is 3.23. The number of nitrogens with zero attached hydrogens (tertiary/aromatic N) is 2. The normalized spacial score (nSPS) is 26.5. The molecule has 0 fully saturated rings. The minimum absolute atomic E-state index is 0.399. The van der Waals surface area contributed by atoms with Crippen LogP contribution in [0.1, 0.15) is 18.1 Å². The van der Waals surface area contributed by atoms with Crippen molar-refractivity contribution in [3.05, 3.63) is 35.4 Å². The van der Waals surface area contributed by atoms with E-state index in [1.54, 1.807) is 14.1 Å². The Morgan fingerprint density at radius 2 is 1.72 bits per heavy atom. The number of hydrogen-bond acceptors (Lipinski definition) is 3. The van der Waals surface area contributed by atoms with Gasteiger partial charge in [-0.15, -0.1) is 0 Å². The molecule has 0 saturated carbocycles. The summed E-state index contributed by atoms with van der Waals surface area (Å²) in [5.41, 5.74) is 0.359. The van der Waals surface area contributed by atoms with Crippen LogP contribution in [0.2, 0.25) is 0 Å². The highest BCUT2D eigenvalue weighted by molar-refractivity contribution is 8.15. The standard InChI is InChI=1S/C13H16F2N2S/c1-9-5-7-10(8-6-9)11-16-12(2,17(3)4)13(14,15)18-11/h5-8H,1-4H3. The summed E-state index contributed by atoms with van der Waals surface area (Å²) in [6.07, 6.45) is 0. The average Bonchev–Trinajstić information content (AvgIpc) is 2.52. The topological polar surface area (TPSA) is 15.6 Å². The highest BCUT2D eigenvalue weighted by atomic mass is 32.2. The van der Waals surface area contributed by atoms with Gasteiger partial charge in [-0.1, -0.05) is 29.8 Å². The second kappa shape index (κ2) is 4.31. The van der Waals surface area contributed by atoms with Crippen LogP contribution in [0, 0.1) is 6.92 Å². The van der Waals surface area contributed by atoms with Gasteiger partial charge < -0.3 is 0 Å². The minimum atomic E-state index is -2.92. The van der Waals surface area contributed by atoms with Gasteiger partial charge in [-0.3, -0.25) is 4.90 Å². The zero-order chi connectivity index (χ0) is 13.6. The predicted octanol–water partition coefficient (Wildman–Crippen LogP) is 3.36. The molecule has 0 saturated heterocycles. The summed E-state index contributed by atoms with van der Waals surface area (Å²) in [5, 5.41) is -2.52. The third-order valence-electron chi connectivity index (χ3n) is 3.26. The van der Waals surface area contributed by atoms with Gasteiger partial charge in [0.2, 0.25) is 0 Å². The van der Waals surface area contributed by atoms with Gasteiger partial charge in [-0.25, -0.2) is 4.99 Å². The van der Waals surface area contributed by atoms with E-state index in [1.807, 2.05) is 31.2 Å². The summed E-state index contributed by atoms with van der Waals surface area (Å²) in [5.74, 6) is 0. The zero-order valence-electron chi connectivity index (χ0n) is 10.9. The smallest absolute Gasteiger partial charge is 0.280 e. The van der Waals surface area contributed by atoms with Crippen LogP contribution in [0.25, 0.3) is 0 Å². The molecule has 2 rings (SSSR count). The Balaban J connectivity index is 2.40. The van der Waals surface area contributed by atoms with E-state index in [9.17, 15) is 8.78 Å². The number of aliphatic imine (C=N–C) groups is 1. The van der Waals surface area contributed by atoms with Gasteiger partial charge in [0.15, 0.2) is 5.66 Å². The summed E-state index contributed by atoms with van der Waals surface area (Å²) in [4.78, 5) is 5.69. The Morgan fingerprint density at radius 3 is 2.17 bits per heavy atom. The summed E-state index contributed by atoms with van der Waals surface area (Å²) < 4.78 is 28.1. The molecule has 1 aromatic rings. The zero-order valence-corrected chi connectivity index (χ0v) is 11.7. The fraction of sp³-hybridized carbons (Fsp3) is 0.462. The lowest BCUT2D eigenvalue weighted by Gasteiger charge is -2.33. The molecule has 5 heteroatoms. The quantitative estimate of drug-likeness (QED) is 0.819. The molecule has 18 heavy (non-hydrogen) atoms. The molecule has 1 heterocycles. The van der Waals surface area contributed by atoms with E-state index in [0.29, 0.717) is 16.8 Å². The van der Waals surface area contributed by atoms with Crippen molar-refractivity contribution in [2.45, 2.75) is 24.8 Å². The maximum absolute atomic E-state index is 14.1. The van der Waals surface area contributed by atoms with E-state index in [2.05, 4.69) is 4.99 Å². The van der Waals surface area contributed by atoms with Crippen molar-refractivity contribution < 1.29 is 8.78 Å². The Hall–Kier alpha value is -0.940. The first kappa shape index (κ1) is 13.5. The number of halogens is 2. The lowest BCUT2D eigenvalue weighted by Crippen LogP contribution is -2.50. The first-order valence-corrected chi connectivity index (χ1v) is 6.49. The van der Waals surface area contributed by atoms with Crippen LogP contribution in [0.15, 0.2) is 29.3 Å². The number of aryl methyl sites for hydroxylation is 1. The average molecular weight is 270 g/mol. The van der Waals surface area contributed by atoms with Crippen molar-refractivity contribution >= 4 is 16.8 Å². The largest absolute Gasteiger partial charge is 0.337 e. The van der Waals surface area contributed by atoms with Crippen LogP contribution in [-0.2, 0) is 0 Å². The monoisotopic (exact) mass is 270 g/mol. The highest BCUT2D eigenvalue weighted by Crippen LogP contribution is 2.50. The van der Waals surface area contributed by atoms with Gasteiger partial charge in [0.05, 0.1) is 0 Å². The molecular formula is C13H16F2N2S. The van der Waals surface area contributed by atoms with E-state index >= 15 is 0 Å². The van der Waals surface area contributed by atoms with Crippen molar-refractivity contribution in [3.63, 3.8) is 0 Å². The molecule has 98 valence electrons. The Bertz CT molecular complexity index is 482. The molecule has 0 radical (unpaired) electrons.